The fraction of sp³-hybridized carbons (Fsp3) is 0.133. The lowest BCUT2D eigenvalue weighted by atomic mass is 10.00. The van der Waals surface area contributed by atoms with Crippen LogP contribution in [0.3, 0.4) is 0 Å². The van der Waals surface area contributed by atoms with Crippen LogP contribution >= 0.6 is 11.6 Å². The zero-order valence-electron chi connectivity index (χ0n) is 19.2. The third kappa shape index (κ3) is 4.66. The number of aryl methyl sites for hydroxylation is 2. The fourth-order valence-corrected chi connectivity index (χ4v) is 4.40. The van der Waals surface area contributed by atoms with E-state index in [0.717, 1.165) is 62.6 Å². The Morgan fingerprint density at radius 3 is 2.59 bits per heavy atom. The Morgan fingerprint density at radius 2 is 1.79 bits per heavy atom. The molecule has 1 aliphatic carbocycles. The number of allylic oxidation sites excluding steroid dienone is 1. The van der Waals surface area contributed by atoms with E-state index in [-0.39, 0.29) is 5.78 Å². The number of carbonyl (C=O) groups excluding carboxylic acids is 1. The molecule has 1 heterocycles. The van der Waals surface area contributed by atoms with Crippen molar-refractivity contribution in [2.75, 3.05) is 5.32 Å². The van der Waals surface area contributed by atoms with Gasteiger partial charge in [-0.2, -0.15) is 0 Å². The first kappa shape index (κ1) is 22.1. The summed E-state index contributed by atoms with van der Waals surface area (Å²) in [5.74, 6) is 0.122. The monoisotopic (exact) mass is 464 g/mol. The SMILES string of the molecule is Cc1cccc(C(=O)Cc2ccc(C)c(Nc3cc(-c4ccc(Cl)cc4)nc4c3C=CC4)c2)c1. The second-order valence-electron chi connectivity index (χ2n) is 8.77. The van der Waals surface area contributed by atoms with Gasteiger partial charge in [-0.3, -0.25) is 9.78 Å². The summed E-state index contributed by atoms with van der Waals surface area (Å²) >= 11 is 6.08. The lowest BCUT2D eigenvalue weighted by Gasteiger charge is -2.16. The van der Waals surface area contributed by atoms with Crippen molar-refractivity contribution >= 4 is 34.8 Å². The molecule has 0 saturated heterocycles. The number of ketones is 1. The molecule has 1 aromatic heterocycles. The Bertz CT molecular complexity index is 1420. The average Bonchev–Trinajstić information content (AvgIpc) is 3.31. The summed E-state index contributed by atoms with van der Waals surface area (Å²) < 4.78 is 0. The summed E-state index contributed by atoms with van der Waals surface area (Å²) in [6.07, 6.45) is 5.44. The topological polar surface area (TPSA) is 42.0 Å². The maximum absolute atomic E-state index is 12.9. The number of benzene rings is 3. The minimum atomic E-state index is 0.122. The second-order valence-corrected chi connectivity index (χ2v) is 9.21. The Hall–Kier alpha value is -3.69. The number of halogens is 1. The number of rotatable bonds is 6. The van der Waals surface area contributed by atoms with Crippen molar-refractivity contribution < 1.29 is 4.79 Å². The Kier molecular flexibility index (Phi) is 6.04. The summed E-state index contributed by atoms with van der Waals surface area (Å²) in [7, 11) is 0. The number of nitrogens with one attached hydrogen (secondary N) is 1. The van der Waals surface area contributed by atoms with Crippen molar-refractivity contribution in [3.8, 4) is 11.3 Å². The highest BCUT2D eigenvalue weighted by molar-refractivity contribution is 6.30. The van der Waals surface area contributed by atoms with Gasteiger partial charge in [-0.15, -0.1) is 0 Å². The van der Waals surface area contributed by atoms with E-state index in [1.807, 2.05) is 61.5 Å². The van der Waals surface area contributed by atoms with Crippen LogP contribution in [-0.4, -0.2) is 10.8 Å². The minimum Gasteiger partial charge on any atom is -0.355 e. The summed E-state index contributed by atoms with van der Waals surface area (Å²) in [5, 5.41) is 4.33. The number of fused-ring (bicyclic) bond motifs is 1. The van der Waals surface area contributed by atoms with Gasteiger partial charge < -0.3 is 5.32 Å². The number of aromatic nitrogens is 1. The molecule has 4 heteroatoms. The highest BCUT2D eigenvalue weighted by Crippen LogP contribution is 2.34. The van der Waals surface area contributed by atoms with Gasteiger partial charge >= 0.3 is 0 Å². The molecule has 0 saturated carbocycles. The number of carbonyl (C=O) groups is 1. The molecule has 0 unspecified atom stereocenters. The number of anilines is 2. The predicted octanol–water partition coefficient (Wildman–Crippen LogP) is 7.76. The smallest absolute Gasteiger partial charge is 0.167 e. The van der Waals surface area contributed by atoms with Crippen LogP contribution in [0.1, 0.15) is 38.3 Å². The van der Waals surface area contributed by atoms with Crippen LogP contribution in [-0.2, 0) is 12.8 Å². The fourth-order valence-electron chi connectivity index (χ4n) is 4.27. The second kappa shape index (κ2) is 9.28. The van der Waals surface area contributed by atoms with Gasteiger partial charge in [-0.1, -0.05) is 71.8 Å². The first-order chi connectivity index (χ1) is 16.5. The summed E-state index contributed by atoms with van der Waals surface area (Å²) in [5.41, 5.74) is 10.0. The molecule has 0 radical (unpaired) electrons. The van der Waals surface area contributed by atoms with Gasteiger partial charge in [0.15, 0.2) is 5.78 Å². The molecule has 0 aliphatic heterocycles. The van der Waals surface area contributed by atoms with Crippen LogP contribution < -0.4 is 5.32 Å². The van der Waals surface area contributed by atoms with E-state index in [4.69, 9.17) is 16.6 Å². The molecule has 3 nitrogen and oxygen atoms in total. The molecule has 0 bridgehead atoms. The van der Waals surface area contributed by atoms with E-state index >= 15 is 0 Å². The molecule has 0 spiro atoms. The quantitative estimate of drug-likeness (QED) is 0.296. The van der Waals surface area contributed by atoms with Crippen LogP contribution in [0.15, 0.2) is 78.9 Å². The van der Waals surface area contributed by atoms with E-state index in [1.54, 1.807) is 0 Å². The van der Waals surface area contributed by atoms with Gasteiger partial charge in [-0.25, -0.2) is 0 Å². The van der Waals surface area contributed by atoms with Crippen LogP contribution in [0.4, 0.5) is 11.4 Å². The number of pyridine rings is 1. The Labute approximate surface area is 205 Å². The maximum atomic E-state index is 12.9. The Morgan fingerprint density at radius 1 is 0.971 bits per heavy atom. The molecule has 1 N–H and O–H groups in total. The van der Waals surface area contributed by atoms with Crippen molar-refractivity contribution in [3.05, 3.63) is 117 Å². The van der Waals surface area contributed by atoms with Crippen molar-refractivity contribution in [2.24, 2.45) is 0 Å². The van der Waals surface area contributed by atoms with E-state index in [0.29, 0.717) is 11.4 Å². The molecule has 1 aliphatic rings. The van der Waals surface area contributed by atoms with E-state index in [9.17, 15) is 4.79 Å². The third-order valence-corrected chi connectivity index (χ3v) is 6.40. The lowest BCUT2D eigenvalue weighted by molar-refractivity contribution is 0.0993. The third-order valence-electron chi connectivity index (χ3n) is 6.15. The largest absolute Gasteiger partial charge is 0.355 e. The molecule has 0 fully saturated rings. The molecule has 168 valence electrons. The molecule has 0 atom stereocenters. The number of hydrogen-bond acceptors (Lipinski definition) is 3. The van der Waals surface area contributed by atoms with Gasteiger partial charge in [0.1, 0.15) is 0 Å². The van der Waals surface area contributed by atoms with Crippen LogP contribution in [0.2, 0.25) is 5.02 Å². The van der Waals surface area contributed by atoms with Crippen LogP contribution in [0.5, 0.6) is 0 Å². The van der Waals surface area contributed by atoms with Crippen molar-refractivity contribution in [1.82, 2.24) is 4.98 Å². The molecule has 4 aromatic rings. The van der Waals surface area contributed by atoms with Gasteiger partial charge in [-0.05, 0) is 55.3 Å². The summed E-state index contributed by atoms with van der Waals surface area (Å²) in [4.78, 5) is 17.7. The maximum Gasteiger partial charge on any atom is 0.167 e. The normalized spacial score (nSPS) is 12.0. The zero-order chi connectivity index (χ0) is 23.7. The lowest BCUT2D eigenvalue weighted by Crippen LogP contribution is -2.05. The molecular weight excluding hydrogens is 440 g/mol. The zero-order valence-corrected chi connectivity index (χ0v) is 20.0. The Balaban J connectivity index is 1.45. The highest BCUT2D eigenvalue weighted by atomic mass is 35.5. The molecule has 3 aromatic carbocycles. The molecular formula is C30H25ClN2O. The average molecular weight is 465 g/mol. The van der Waals surface area contributed by atoms with E-state index in [1.165, 1.54) is 0 Å². The van der Waals surface area contributed by atoms with Crippen molar-refractivity contribution in [1.29, 1.82) is 0 Å². The highest BCUT2D eigenvalue weighted by Gasteiger charge is 2.16. The van der Waals surface area contributed by atoms with E-state index < -0.39 is 0 Å². The van der Waals surface area contributed by atoms with Crippen LogP contribution in [0.25, 0.3) is 17.3 Å². The molecule has 34 heavy (non-hydrogen) atoms. The first-order valence-electron chi connectivity index (χ1n) is 11.4. The minimum absolute atomic E-state index is 0.122. The number of nitrogens with zero attached hydrogens (tertiary/aromatic N) is 1. The number of Topliss-reactive ketones (excluding diaryl/α,β-unsaturated/α-hetero) is 1. The standard InChI is InChI=1S/C30H25ClN2O/c1-19-5-3-6-23(15-19)30(34)17-21-10-9-20(2)27(16-21)33-29-18-28(22-11-13-24(31)14-12-22)32-26-8-4-7-25(26)29/h3-7,9-16,18H,8,17H2,1-2H3,(H,32,33). The van der Waals surface area contributed by atoms with Crippen molar-refractivity contribution in [2.45, 2.75) is 26.7 Å². The van der Waals surface area contributed by atoms with Gasteiger partial charge in [0.05, 0.1) is 11.4 Å². The first-order valence-corrected chi connectivity index (χ1v) is 11.8. The van der Waals surface area contributed by atoms with Gasteiger partial charge in [0.25, 0.3) is 0 Å². The predicted molar refractivity (Wildman–Crippen MR) is 141 cm³/mol. The van der Waals surface area contributed by atoms with Gasteiger partial charge in [0.2, 0.25) is 0 Å². The molecule has 0 amide bonds. The van der Waals surface area contributed by atoms with Crippen molar-refractivity contribution in [3.63, 3.8) is 0 Å². The molecule has 5 rings (SSSR count). The summed E-state index contributed by atoms with van der Waals surface area (Å²) in [6, 6.07) is 23.8. The van der Waals surface area contributed by atoms with E-state index in [2.05, 4.69) is 42.6 Å². The van der Waals surface area contributed by atoms with Gasteiger partial charge in [0, 0.05) is 45.9 Å². The summed E-state index contributed by atoms with van der Waals surface area (Å²) in [6.45, 7) is 4.08. The van der Waals surface area contributed by atoms with Crippen LogP contribution in [0, 0.1) is 13.8 Å². The number of hydrogen-bond donors (Lipinski definition) is 1.